The van der Waals surface area contributed by atoms with Gasteiger partial charge in [-0.3, -0.25) is 4.72 Å². The number of nitrogens with zero attached hydrogens (tertiary/aromatic N) is 1. The number of benzene rings is 1. The summed E-state index contributed by atoms with van der Waals surface area (Å²) in [5, 5.41) is 8.73. The average Bonchev–Trinajstić information content (AvgIpc) is 3.07. The molecule has 0 aliphatic heterocycles. The van der Waals surface area contributed by atoms with Gasteiger partial charge >= 0.3 is 12.5 Å². The first-order chi connectivity index (χ1) is 13.5. The highest BCUT2D eigenvalue weighted by atomic mass is 32.2. The van der Waals surface area contributed by atoms with E-state index in [9.17, 15) is 30.4 Å². The largest absolute Gasteiger partial charge is 0.416 e. The molecular formula is C17H14F5N3O3S. The zero-order valence-electron chi connectivity index (χ0n) is 14.6. The summed E-state index contributed by atoms with van der Waals surface area (Å²) >= 11 is 0. The van der Waals surface area contributed by atoms with Gasteiger partial charge in [-0.25, -0.2) is 21.6 Å². The molecule has 156 valence electrons. The second-order valence-electron chi connectivity index (χ2n) is 6.37. The van der Waals surface area contributed by atoms with Gasteiger partial charge in [0.15, 0.2) is 0 Å². The van der Waals surface area contributed by atoms with Gasteiger partial charge in [0, 0.05) is 18.3 Å². The molecule has 1 unspecified atom stereocenters. The van der Waals surface area contributed by atoms with Crippen LogP contribution in [0.15, 0.2) is 29.3 Å². The van der Waals surface area contributed by atoms with Crippen LogP contribution in [0.3, 0.4) is 0 Å². The van der Waals surface area contributed by atoms with Gasteiger partial charge < -0.3 is 9.72 Å². The molecule has 2 aromatic rings. The number of H-pyrrole nitrogens is 1. The Bertz CT molecular complexity index is 1060. The molecule has 0 amide bonds. The van der Waals surface area contributed by atoms with Gasteiger partial charge in [0.05, 0.1) is 23.4 Å². The van der Waals surface area contributed by atoms with Gasteiger partial charge in [-0.15, -0.1) is 0 Å². The Morgan fingerprint density at radius 1 is 1.34 bits per heavy atom. The number of fused-ring (bicyclic) bond motifs is 1. The Labute approximate surface area is 162 Å². The number of hydrogen-bond acceptors (Lipinski definition) is 4. The fourth-order valence-electron chi connectivity index (χ4n) is 3.05. The van der Waals surface area contributed by atoms with Crippen molar-refractivity contribution in [2.24, 2.45) is 0 Å². The summed E-state index contributed by atoms with van der Waals surface area (Å²) in [5.41, 5.74) is 0.183. The molecule has 12 heteroatoms. The fraction of sp³-hybridized carbons (Fsp3) is 0.353. The molecule has 0 spiro atoms. The lowest BCUT2D eigenvalue weighted by atomic mass is 9.95. The zero-order valence-corrected chi connectivity index (χ0v) is 15.4. The van der Waals surface area contributed by atoms with Crippen LogP contribution >= 0.6 is 0 Å². The Morgan fingerprint density at radius 3 is 2.69 bits per heavy atom. The van der Waals surface area contributed by atoms with E-state index in [2.05, 4.69) is 14.4 Å². The van der Waals surface area contributed by atoms with Crippen molar-refractivity contribution in [3.05, 3.63) is 47.0 Å². The van der Waals surface area contributed by atoms with E-state index in [4.69, 9.17) is 5.26 Å². The van der Waals surface area contributed by atoms with Gasteiger partial charge in [-0.2, -0.15) is 14.0 Å². The number of anilines is 1. The first-order valence-electron chi connectivity index (χ1n) is 8.29. The average molecular weight is 435 g/mol. The number of rotatable bonds is 6. The monoisotopic (exact) mass is 435 g/mol. The molecule has 0 radical (unpaired) electrons. The molecule has 2 N–H and O–H groups in total. The van der Waals surface area contributed by atoms with Gasteiger partial charge in [0.25, 0.3) is 10.0 Å². The molecule has 0 saturated carbocycles. The summed E-state index contributed by atoms with van der Waals surface area (Å²) in [6.07, 6.45) is -9.01. The molecule has 0 fully saturated rings. The molecule has 1 aliphatic rings. The van der Waals surface area contributed by atoms with Crippen molar-refractivity contribution in [1.82, 2.24) is 4.98 Å². The molecule has 1 heterocycles. The predicted molar refractivity (Wildman–Crippen MR) is 90.6 cm³/mol. The van der Waals surface area contributed by atoms with E-state index in [0.29, 0.717) is 0 Å². The summed E-state index contributed by atoms with van der Waals surface area (Å²) in [6, 6.07) is 4.92. The van der Waals surface area contributed by atoms with Gasteiger partial charge in [0.2, 0.25) is 0 Å². The molecule has 0 saturated heterocycles. The van der Waals surface area contributed by atoms with Crippen molar-refractivity contribution >= 4 is 15.7 Å². The summed E-state index contributed by atoms with van der Waals surface area (Å²) in [5.74, 6) is -0.945. The van der Waals surface area contributed by atoms with Crippen LogP contribution < -0.4 is 4.72 Å². The lowest BCUT2D eigenvalue weighted by molar-refractivity contribution is -0.319. The lowest BCUT2D eigenvalue weighted by Crippen LogP contribution is -2.37. The molecule has 1 aliphatic carbocycles. The van der Waals surface area contributed by atoms with Crippen molar-refractivity contribution in [2.75, 3.05) is 4.72 Å². The lowest BCUT2D eigenvalue weighted by Gasteiger charge is -2.27. The van der Waals surface area contributed by atoms with Crippen LogP contribution in [0, 0.1) is 17.1 Å². The van der Waals surface area contributed by atoms with Crippen molar-refractivity contribution in [2.45, 2.75) is 42.8 Å². The molecule has 1 atom stereocenters. The maximum Gasteiger partial charge on any atom is 0.416 e. The van der Waals surface area contributed by atoms with Crippen LogP contribution in [-0.4, -0.2) is 32.0 Å². The van der Waals surface area contributed by atoms with Crippen molar-refractivity contribution in [3.8, 4) is 6.07 Å². The summed E-state index contributed by atoms with van der Waals surface area (Å²) in [4.78, 5) is 2.41. The number of nitrogens with one attached hydrogen (secondary N) is 2. The Morgan fingerprint density at radius 2 is 2.07 bits per heavy atom. The Balaban J connectivity index is 1.80. The third-order valence-electron chi connectivity index (χ3n) is 4.40. The predicted octanol–water partition coefficient (Wildman–Crippen LogP) is 3.56. The van der Waals surface area contributed by atoms with Crippen LogP contribution in [-0.2, 0) is 27.6 Å². The first-order valence-corrected chi connectivity index (χ1v) is 9.77. The van der Waals surface area contributed by atoms with Crippen molar-refractivity contribution in [3.63, 3.8) is 0 Å². The van der Waals surface area contributed by atoms with Crippen LogP contribution in [0.25, 0.3) is 0 Å². The van der Waals surface area contributed by atoms with Crippen LogP contribution in [0.2, 0.25) is 0 Å². The van der Waals surface area contributed by atoms with E-state index < -0.39 is 34.5 Å². The topological polar surface area (TPSA) is 95.0 Å². The van der Waals surface area contributed by atoms with E-state index in [1.165, 1.54) is 6.07 Å². The minimum atomic E-state index is -4.60. The molecule has 3 rings (SSSR count). The summed E-state index contributed by atoms with van der Waals surface area (Å²) in [6.45, 7) is 0. The number of nitriles is 1. The molecular weight excluding hydrogens is 421 g/mol. The third kappa shape index (κ3) is 4.35. The zero-order chi connectivity index (χ0) is 21.4. The maximum absolute atomic E-state index is 14.0. The van der Waals surface area contributed by atoms with Crippen LogP contribution in [0.1, 0.15) is 23.2 Å². The molecule has 6 nitrogen and oxygen atoms in total. The third-order valence-corrected chi connectivity index (χ3v) is 5.83. The smallest absolute Gasteiger partial charge is 0.363 e. The standard InChI is InChI=1S/C17H14F5N3O3S/c18-12-5-9(7-23)1-4-13(12)25-29(26,27)15-8-24-14-6-10(2-3-11(14)15)28-17(21,22)16(19)20/h1,4-5,8,10,16,24-25H,2-3,6H2. The van der Waals surface area contributed by atoms with Gasteiger partial charge in [-0.05, 0) is 36.6 Å². The molecule has 29 heavy (non-hydrogen) atoms. The van der Waals surface area contributed by atoms with E-state index in [-0.39, 0.29) is 46.7 Å². The van der Waals surface area contributed by atoms with Crippen LogP contribution in [0.5, 0.6) is 0 Å². The number of aromatic amines is 1. The maximum atomic E-state index is 14.0. The van der Waals surface area contributed by atoms with Gasteiger partial charge in [-0.1, -0.05) is 0 Å². The van der Waals surface area contributed by atoms with E-state index >= 15 is 0 Å². The molecule has 0 bridgehead atoms. The normalized spacial score (nSPS) is 17.1. The molecule has 1 aromatic heterocycles. The number of sulfonamides is 1. The number of ether oxygens (including phenoxy) is 1. The SMILES string of the molecule is N#Cc1ccc(NS(=O)(=O)c2c[nH]c3c2CCC(OC(F)(F)C(F)F)C3)c(F)c1. The van der Waals surface area contributed by atoms with E-state index in [1.807, 2.05) is 0 Å². The minimum Gasteiger partial charge on any atom is -0.363 e. The Hall–Kier alpha value is -2.65. The van der Waals surface area contributed by atoms with E-state index in [0.717, 1.165) is 18.3 Å². The van der Waals surface area contributed by atoms with Crippen molar-refractivity contribution < 1.29 is 35.1 Å². The second kappa shape index (κ2) is 7.64. The number of aromatic nitrogens is 1. The highest BCUT2D eigenvalue weighted by molar-refractivity contribution is 7.92. The minimum absolute atomic E-state index is 0.0103. The highest BCUT2D eigenvalue weighted by Gasteiger charge is 2.45. The van der Waals surface area contributed by atoms with Crippen LogP contribution in [0.4, 0.5) is 27.6 Å². The molecule has 1 aromatic carbocycles. The number of halogens is 5. The van der Waals surface area contributed by atoms with Gasteiger partial charge in [0.1, 0.15) is 10.7 Å². The second-order valence-corrected chi connectivity index (χ2v) is 8.02. The highest BCUT2D eigenvalue weighted by Crippen LogP contribution is 2.34. The summed E-state index contributed by atoms with van der Waals surface area (Å²) < 4.78 is 96.3. The van der Waals surface area contributed by atoms with E-state index in [1.54, 1.807) is 6.07 Å². The Kier molecular flexibility index (Phi) is 5.55. The first kappa shape index (κ1) is 21.1. The summed E-state index contributed by atoms with van der Waals surface area (Å²) in [7, 11) is -4.23. The number of hydrogen-bond donors (Lipinski definition) is 2. The van der Waals surface area contributed by atoms with Crippen molar-refractivity contribution in [1.29, 1.82) is 5.26 Å². The fourth-order valence-corrected chi connectivity index (χ4v) is 4.38. The number of alkyl halides is 4. The quantitative estimate of drug-likeness (QED) is 0.679.